The molecule has 1 aromatic carbocycles. The lowest BCUT2D eigenvalue weighted by molar-refractivity contribution is 0.738. The number of aromatic nitrogens is 2. The van der Waals surface area contributed by atoms with Crippen LogP contribution in [0.5, 0.6) is 0 Å². The van der Waals surface area contributed by atoms with Gasteiger partial charge in [0, 0.05) is 18.5 Å². The Kier molecular flexibility index (Phi) is 2.49. The summed E-state index contributed by atoms with van der Waals surface area (Å²) >= 11 is 0. The first-order valence-electron chi connectivity index (χ1n) is 5.25. The summed E-state index contributed by atoms with van der Waals surface area (Å²) < 4.78 is 1.92. The number of nitrogens with zero attached hydrogens (tertiary/aromatic N) is 2. The van der Waals surface area contributed by atoms with Gasteiger partial charge in [-0.05, 0) is 38.0 Å². The summed E-state index contributed by atoms with van der Waals surface area (Å²) in [6.45, 7) is 4.07. The number of aryl methyl sites for hydroxylation is 2. The SMILES string of the molecule is Cc1nn(C)c2ccc(CC(C)N)cc12. The minimum Gasteiger partial charge on any atom is -0.328 e. The van der Waals surface area contributed by atoms with Crippen molar-refractivity contribution in [3.8, 4) is 0 Å². The molecule has 0 aliphatic heterocycles. The smallest absolute Gasteiger partial charge is 0.0682 e. The molecule has 0 bridgehead atoms. The van der Waals surface area contributed by atoms with Crippen molar-refractivity contribution in [2.45, 2.75) is 26.3 Å². The van der Waals surface area contributed by atoms with Crippen molar-refractivity contribution >= 4 is 10.9 Å². The maximum atomic E-state index is 5.79. The van der Waals surface area contributed by atoms with Gasteiger partial charge in [-0.1, -0.05) is 6.07 Å². The molecule has 0 radical (unpaired) electrons. The largest absolute Gasteiger partial charge is 0.328 e. The molecule has 1 heterocycles. The Morgan fingerprint density at radius 3 is 2.87 bits per heavy atom. The van der Waals surface area contributed by atoms with E-state index in [0.29, 0.717) is 0 Å². The molecule has 0 saturated heterocycles. The van der Waals surface area contributed by atoms with E-state index in [1.165, 1.54) is 16.5 Å². The van der Waals surface area contributed by atoms with Crippen molar-refractivity contribution in [3.05, 3.63) is 29.5 Å². The van der Waals surface area contributed by atoms with E-state index in [2.05, 4.69) is 23.3 Å². The van der Waals surface area contributed by atoms with Gasteiger partial charge in [-0.15, -0.1) is 0 Å². The van der Waals surface area contributed by atoms with Crippen LogP contribution in [-0.4, -0.2) is 15.8 Å². The highest BCUT2D eigenvalue weighted by Crippen LogP contribution is 2.19. The molecule has 0 amide bonds. The van der Waals surface area contributed by atoms with Gasteiger partial charge >= 0.3 is 0 Å². The second kappa shape index (κ2) is 3.66. The lowest BCUT2D eigenvalue weighted by Gasteiger charge is -2.05. The van der Waals surface area contributed by atoms with E-state index >= 15 is 0 Å². The molecule has 15 heavy (non-hydrogen) atoms. The van der Waals surface area contributed by atoms with E-state index in [0.717, 1.165) is 12.1 Å². The van der Waals surface area contributed by atoms with Crippen LogP contribution in [0.2, 0.25) is 0 Å². The Hall–Kier alpha value is -1.35. The quantitative estimate of drug-likeness (QED) is 0.808. The molecule has 0 aliphatic carbocycles. The summed E-state index contributed by atoms with van der Waals surface area (Å²) in [5, 5.41) is 5.63. The third kappa shape index (κ3) is 1.88. The van der Waals surface area contributed by atoms with E-state index in [-0.39, 0.29) is 6.04 Å². The van der Waals surface area contributed by atoms with E-state index < -0.39 is 0 Å². The molecular formula is C12H17N3. The number of hydrogen-bond acceptors (Lipinski definition) is 2. The summed E-state index contributed by atoms with van der Waals surface area (Å²) in [7, 11) is 1.97. The Morgan fingerprint density at radius 1 is 1.47 bits per heavy atom. The molecule has 2 aromatic rings. The van der Waals surface area contributed by atoms with Gasteiger partial charge in [-0.25, -0.2) is 0 Å². The van der Waals surface area contributed by atoms with Crippen molar-refractivity contribution in [1.82, 2.24) is 9.78 Å². The van der Waals surface area contributed by atoms with Crippen LogP contribution in [0.1, 0.15) is 18.2 Å². The number of hydrogen-bond donors (Lipinski definition) is 1. The van der Waals surface area contributed by atoms with Crippen molar-refractivity contribution in [2.24, 2.45) is 12.8 Å². The number of benzene rings is 1. The van der Waals surface area contributed by atoms with Gasteiger partial charge < -0.3 is 5.73 Å². The third-order valence-corrected chi connectivity index (χ3v) is 2.66. The van der Waals surface area contributed by atoms with Crippen molar-refractivity contribution in [2.75, 3.05) is 0 Å². The van der Waals surface area contributed by atoms with Crippen molar-refractivity contribution in [1.29, 1.82) is 0 Å². The fraction of sp³-hybridized carbons (Fsp3) is 0.417. The van der Waals surface area contributed by atoms with Crippen LogP contribution >= 0.6 is 0 Å². The molecule has 0 aliphatic rings. The summed E-state index contributed by atoms with van der Waals surface area (Å²) in [6.07, 6.45) is 0.921. The monoisotopic (exact) mass is 203 g/mol. The lowest BCUT2D eigenvalue weighted by Crippen LogP contribution is -2.17. The zero-order valence-corrected chi connectivity index (χ0v) is 9.49. The van der Waals surface area contributed by atoms with Crippen LogP contribution in [0.25, 0.3) is 10.9 Å². The highest BCUT2D eigenvalue weighted by molar-refractivity contribution is 5.82. The fourth-order valence-electron chi connectivity index (χ4n) is 1.99. The lowest BCUT2D eigenvalue weighted by atomic mass is 10.1. The molecule has 1 aromatic heterocycles. The molecule has 3 heteroatoms. The second-order valence-electron chi connectivity index (χ2n) is 4.24. The Morgan fingerprint density at radius 2 is 2.20 bits per heavy atom. The van der Waals surface area contributed by atoms with Gasteiger partial charge in [0.25, 0.3) is 0 Å². The van der Waals surface area contributed by atoms with E-state index in [1.54, 1.807) is 0 Å². The summed E-state index contributed by atoms with van der Waals surface area (Å²) in [5.41, 5.74) is 9.34. The zero-order valence-electron chi connectivity index (χ0n) is 9.49. The van der Waals surface area contributed by atoms with Crippen LogP contribution in [0, 0.1) is 6.92 Å². The highest BCUT2D eigenvalue weighted by atomic mass is 15.3. The van der Waals surface area contributed by atoms with Crippen LogP contribution in [0.15, 0.2) is 18.2 Å². The number of nitrogens with two attached hydrogens (primary N) is 1. The Balaban J connectivity index is 2.50. The maximum absolute atomic E-state index is 5.79. The Bertz CT molecular complexity index is 483. The first kappa shape index (κ1) is 10.2. The molecule has 3 nitrogen and oxygen atoms in total. The van der Waals surface area contributed by atoms with Crippen LogP contribution < -0.4 is 5.73 Å². The third-order valence-electron chi connectivity index (χ3n) is 2.66. The first-order chi connectivity index (χ1) is 7.08. The van der Waals surface area contributed by atoms with E-state index in [9.17, 15) is 0 Å². The van der Waals surface area contributed by atoms with Crippen LogP contribution in [0.4, 0.5) is 0 Å². The predicted octanol–water partition coefficient (Wildman–Crippen LogP) is 1.77. The molecular weight excluding hydrogens is 186 g/mol. The molecule has 80 valence electrons. The molecule has 2 N–H and O–H groups in total. The van der Waals surface area contributed by atoms with Gasteiger partial charge in [0.1, 0.15) is 0 Å². The van der Waals surface area contributed by atoms with Crippen LogP contribution in [-0.2, 0) is 13.5 Å². The van der Waals surface area contributed by atoms with Gasteiger partial charge in [0.15, 0.2) is 0 Å². The van der Waals surface area contributed by atoms with Gasteiger partial charge in [-0.2, -0.15) is 5.10 Å². The summed E-state index contributed by atoms with van der Waals surface area (Å²) in [6, 6.07) is 6.65. The van der Waals surface area contributed by atoms with Crippen molar-refractivity contribution < 1.29 is 0 Å². The van der Waals surface area contributed by atoms with E-state index in [4.69, 9.17) is 5.73 Å². The maximum Gasteiger partial charge on any atom is 0.0682 e. The number of rotatable bonds is 2. The topological polar surface area (TPSA) is 43.8 Å². The van der Waals surface area contributed by atoms with Crippen LogP contribution in [0.3, 0.4) is 0 Å². The zero-order chi connectivity index (χ0) is 11.0. The highest BCUT2D eigenvalue weighted by Gasteiger charge is 2.06. The van der Waals surface area contributed by atoms with Gasteiger partial charge in [0.2, 0.25) is 0 Å². The second-order valence-corrected chi connectivity index (χ2v) is 4.24. The first-order valence-corrected chi connectivity index (χ1v) is 5.25. The molecule has 1 atom stereocenters. The summed E-state index contributed by atoms with van der Waals surface area (Å²) in [4.78, 5) is 0. The molecule has 0 spiro atoms. The predicted molar refractivity (Wildman–Crippen MR) is 62.8 cm³/mol. The van der Waals surface area contributed by atoms with Gasteiger partial charge in [-0.3, -0.25) is 4.68 Å². The molecule has 1 unspecified atom stereocenters. The number of fused-ring (bicyclic) bond motifs is 1. The molecule has 0 saturated carbocycles. The van der Waals surface area contributed by atoms with E-state index in [1.807, 2.05) is 25.6 Å². The average molecular weight is 203 g/mol. The van der Waals surface area contributed by atoms with Crippen molar-refractivity contribution in [3.63, 3.8) is 0 Å². The normalized spacial score (nSPS) is 13.3. The average Bonchev–Trinajstić information content (AvgIpc) is 2.41. The van der Waals surface area contributed by atoms with Gasteiger partial charge in [0.05, 0.1) is 11.2 Å². The molecule has 2 rings (SSSR count). The standard InChI is InChI=1S/C12H17N3/c1-8(13)6-10-4-5-12-11(7-10)9(2)14-15(12)3/h4-5,7-8H,6,13H2,1-3H3. The minimum absolute atomic E-state index is 0.208. The Labute approximate surface area is 89.9 Å². The molecule has 0 fully saturated rings. The minimum atomic E-state index is 0.208. The fourth-order valence-corrected chi connectivity index (χ4v) is 1.99. The summed E-state index contributed by atoms with van der Waals surface area (Å²) in [5.74, 6) is 0.